The highest BCUT2D eigenvalue weighted by Gasteiger charge is 2.65. The maximum absolute atomic E-state index is 12.8. The number of Topliss-reactive ketones (excluding diaryl/α,β-unsaturated/α-hetero) is 2. The van der Waals surface area contributed by atoms with Crippen molar-refractivity contribution < 1.29 is 9.59 Å². The summed E-state index contributed by atoms with van der Waals surface area (Å²) in [6, 6.07) is 0. The Hall–Kier alpha value is -0.920. The summed E-state index contributed by atoms with van der Waals surface area (Å²) in [6.07, 6.45) is 12.1. The molecule has 0 heterocycles. The lowest BCUT2D eigenvalue weighted by Gasteiger charge is -2.63. The van der Waals surface area contributed by atoms with E-state index in [1.165, 1.54) is 25.7 Å². The molecular formula is C30H48O2. The van der Waals surface area contributed by atoms with E-state index in [4.69, 9.17) is 0 Å². The van der Waals surface area contributed by atoms with Crippen molar-refractivity contribution in [3.63, 3.8) is 0 Å². The third kappa shape index (κ3) is 3.32. The number of hydrogen-bond donors (Lipinski definition) is 0. The summed E-state index contributed by atoms with van der Waals surface area (Å²) in [5.41, 5.74) is 2.29. The zero-order chi connectivity index (χ0) is 23.7. The lowest BCUT2D eigenvalue weighted by molar-refractivity contribution is -0.143. The lowest BCUT2D eigenvalue weighted by atomic mass is 9.41. The molecule has 180 valence electrons. The number of allylic oxidation sites excluding steroid dienone is 2. The summed E-state index contributed by atoms with van der Waals surface area (Å²) < 4.78 is 0. The molecule has 0 aromatic rings. The zero-order valence-electron chi connectivity index (χ0n) is 22.1. The molecule has 0 aromatic heterocycles. The molecule has 1 unspecified atom stereocenters. The van der Waals surface area contributed by atoms with Gasteiger partial charge >= 0.3 is 0 Å². The van der Waals surface area contributed by atoms with Crippen molar-refractivity contribution >= 4 is 11.6 Å². The SMILES string of the molecule is CC(C)CC(=O)C[C@@H](C)[C@H]1CC[C@@]2(C)[C@@H]3CCC4C(C)(C)C(=O)CC[C@]4(C)C3=CC[C@]12C. The average Bonchev–Trinajstić information content (AvgIpc) is 2.96. The van der Waals surface area contributed by atoms with Gasteiger partial charge in [-0.15, -0.1) is 0 Å². The molecule has 0 N–H and O–H groups in total. The van der Waals surface area contributed by atoms with E-state index in [-0.39, 0.29) is 16.2 Å². The first-order valence-electron chi connectivity index (χ1n) is 13.5. The second-order valence-electron chi connectivity index (χ2n) is 13.9. The standard InChI is InChI=1S/C30H48O2/c1-19(2)17-21(31)18-20(3)22-11-15-30(8)24-9-10-25-27(4,5)26(32)13-14-28(25,6)23(24)12-16-29(22,30)7/h12,19-20,22,24-25H,9-11,13-18H2,1-8H3/t20-,22-,24-,25?,28-,29-,30+/m1/s1. The second kappa shape index (κ2) is 7.81. The Morgan fingerprint density at radius 2 is 1.66 bits per heavy atom. The monoisotopic (exact) mass is 440 g/mol. The van der Waals surface area contributed by atoms with E-state index in [0.29, 0.717) is 46.6 Å². The summed E-state index contributed by atoms with van der Waals surface area (Å²) >= 11 is 0. The van der Waals surface area contributed by atoms with Crippen LogP contribution in [0.15, 0.2) is 11.6 Å². The van der Waals surface area contributed by atoms with Gasteiger partial charge in [0.25, 0.3) is 0 Å². The van der Waals surface area contributed by atoms with Crippen LogP contribution in [0.1, 0.15) is 113 Å². The van der Waals surface area contributed by atoms with Crippen LogP contribution in [0, 0.1) is 51.2 Å². The van der Waals surface area contributed by atoms with Crippen molar-refractivity contribution in [1.29, 1.82) is 0 Å². The maximum Gasteiger partial charge on any atom is 0.138 e. The van der Waals surface area contributed by atoms with Gasteiger partial charge in [0.15, 0.2) is 0 Å². The van der Waals surface area contributed by atoms with Gasteiger partial charge in [-0.05, 0) is 84.4 Å². The van der Waals surface area contributed by atoms with Gasteiger partial charge in [0.05, 0.1) is 0 Å². The fourth-order valence-corrected chi connectivity index (χ4v) is 9.52. The van der Waals surface area contributed by atoms with Gasteiger partial charge in [-0.1, -0.05) is 67.0 Å². The Morgan fingerprint density at radius 3 is 2.31 bits per heavy atom. The minimum absolute atomic E-state index is 0.182. The summed E-state index contributed by atoms with van der Waals surface area (Å²) in [4.78, 5) is 25.4. The number of rotatable bonds is 5. The fourth-order valence-electron chi connectivity index (χ4n) is 9.52. The molecule has 4 aliphatic carbocycles. The highest BCUT2D eigenvalue weighted by molar-refractivity contribution is 5.85. The molecule has 3 saturated carbocycles. The van der Waals surface area contributed by atoms with E-state index in [2.05, 4.69) is 61.5 Å². The van der Waals surface area contributed by atoms with E-state index in [9.17, 15) is 9.59 Å². The Balaban J connectivity index is 1.63. The van der Waals surface area contributed by atoms with Gasteiger partial charge in [0, 0.05) is 24.7 Å². The first-order chi connectivity index (χ1) is 14.8. The van der Waals surface area contributed by atoms with Crippen molar-refractivity contribution in [1.82, 2.24) is 0 Å². The van der Waals surface area contributed by atoms with Crippen molar-refractivity contribution in [3.05, 3.63) is 11.6 Å². The van der Waals surface area contributed by atoms with Gasteiger partial charge in [-0.2, -0.15) is 0 Å². The van der Waals surface area contributed by atoms with Crippen LogP contribution in [0.25, 0.3) is 0 Å². The molecule has 3 fully saturated rings. The molecule has 2 heteroatoms. The Kier molecular flexibility index (Phi) is 5.91. The zero-order valence-corrected chi connectivity index (χ0v) is 22.1. The van der Waals surface area contributed by atoms with Crippen molar-refractivity contribution in [2.24, 2.45) is 51.2 Å². The van der Waals surface area contributed by atoms with Gasteiger partial charge in [0.1, 0.15) is 11.6 Å². The van der Waals surface area contributed by atoms with Gasteiger partial charge in [-0.25, -0.2) is 0 Å². The molecule has 2 nitrogen and oxygen atoms in total. The molecular weight excluding hydrogens is 392 g/mol. The number of carbonyl (C=O) groups is 2. The first kappa shape index (κ1) is 24.2. The van der Waals surface area contributed by atoms with Crippen LogP contribution in [0.3, 0.4) is 0 Å². The summed E-state index contributed by atoms with van der Waals surface area (Å²) in [5, 5.41) is 0. The summed E-state index contributed by atoms with van der Waals surface area (Å²) in [7, 11) is 0. The molecule has 0 amide bonds. The summed E-state index contributed by atoms with van der Waals surface area (Å²) in [5.74, 6) is 3.64. The molecule has 0 aliphatic heterocycles. The van der Waals surface area contributed by atoms with Gasteiger partial charge < -0.3 is 0 Å². The number of hydrogen-bond acceptors (Lipinski definition) is 2. The Labute approximate surface area is 197 Å². The van der Waals surface area contributed by atoms with Crippen LogP contribution in [-0.4, -0.2) is 11.6 Å². The van der Waals surface area contributed by atoms with E-state index >= 15 is 0 Å². The maximum atomic E-state index is 12.8. The first-order valence-corrected chi connectivity index (χ1v) is 13.5. The van der Waals surface area contributed by atoms with Crippen LogP contribution < -0.4 is 0 Å². The minimum atomic E-state index is -0.191. The highest BCUT2D eigenvalue weighted by Crippen LogP contribution is 2.72. The Morgan fingerprint density at radius 1 is 0.969 bits per heavy atom. The number of carbonyl (C=O) groups excluding carboxylic acids is 2. The van der Waals surface area contributed by atoms with E-state index < -0.39 is 0 Å². The minimum Gasteiger partial charge on any atom is -0.300 e. The molecule has 0 spiro atoms. The Bertz CT molecular complexity index is 819. The normalized spacial score (nSPS) is 43.8. The number of ketones is 2. The van der Waals surface area contributed by atoms with Crippen LogP contribution in [0.4, 0.5) is 0 Å². The molecule has 7 atom stereocenters. The van der Waals surface area contributed by atoms with E-state index in [1.54, 1.807) is 5.57 Å². The van der Waals surface area contributed by atoms with Gasteiger partial charge in [-0.3, -0.25) is 9.59 Å². The molecule has 4 aliphatic rings. The van der Waals surface area contributed by atoms with Crippen LogP contribution >= 0.6 is 0 Å². The third-order valence-electron chi connectivity index (χ3n) is 11.5. The quantitative estimate of drug-likeness (QED) is 0.409. The predicted octanol–water partition coefficient (Wildman–Crippen LogP) is 7.80. The molecule has 0 radical (unpaired) electrons. The molecule has 0 aromatic carbocycles. The largest absolute Gasteiger partial charge is 0.300 e. The van der Waals surface area contributed by atoms with Crippen molar-refractivity contribution in [2.75, 3.05) is 0 Å². The van der Waals surface area contributed by atoms with Crippen LogP contribution in [-0.2, 0) is 9.59 Å². The smallest absolute Gasteiger partial charge is 0.138 e. The highest BCUT2D eigenvalue weighted by atomic mass is 16.1. The van der Waals surface area contributed by atoms with Crippen LogP contribution in [0.2, 0.25) is 0 Å². The van der Waals surface area contributed by atoms with Gasteiger partial charge in [0.2, 0.25) is 0 Å². The summed E-state index contributed by atoms with van der Waals surface area (Å²) in [6.45, 7) is 18.7. The molecule has 0 bridgehead atoms. The molecule has 32 heavy (non-hydrogen) atoms. The molecule has 4 rings (SSSR count). The number of fused-ring (bicyclic) bond motifs is 5. The van der Waals surface area contributed by atoms with Crippen molar-refractivity contribution in [2.45, 2.75) is 113 Å². The van der Waals surface area contributed by atoms with Crippen molar-refractivity contribution in [3.8, 4) is 0 Å². The fraction of sp³-hybridized carbons (Fsp3) is 0.867. The average molecular weight is 441 g/mol. The van der Waals surface area contributed by atoms with Crippen LogP contribution in [0.5, 0.6) is 0 Å². The topological polar surface area (TPSA) is 34.1 Å². The second-order valence-corrected chi connectivity index (χ2v) is 13.9. The van der Waals surface area contributed by atoms with E-state index in [1.807, 2.05) is 0 Å². The lowest BCUT2D eigenvalue weighted by Crippen LogP contribution is -2.56. The third-order valence-corrected chi connectivity index (χ3v) is 11.5. The van der Waals surface area contributed by atoms with E-state index in [0.717, 1.165) is 32.1 Å². The molecule has 0 saturated heterocycles. The predicted molar refractivity (Wildman–Crippen MR) is 132 cm³/mol.